The van der Waals surface area contributed by atoms with Gasteiger partial charge in [0.15, 0.2) is 5.96 Å². The van der Waals surface area contributed by atoms with Gasteiger partial charge in [-0.15, -0.1) is 0 Å². The van der Waals surface area contributed by atoms with Gasteiger partial charge >= 0.3 is 0 Å². The maximum Gasteiger partial charge on any atom is 0.189 e. The number of aryl methyl sites for hydroxylation is 1. The average Bonchev–Trinajstić information content (AvgIpc) is 2.65. The Morgan fingerprint density at radius 2 is 2.18 bits per heavy atom. The predicted octanol–water partition coefficient (Wildman–Crippen LogP) is 2.17. The van der Waals surface area contributed by atoms with Gasteiger partial charge in [0, 0.05) is 17.5 Å². The summed E-state index contributed by atoms with van der Waals surface area (Å²) >= 11 is 0. The van der Waals surface area contributed by atoms with Crippen molar-refractivity contribution in [2.24, 2.45) is 10.7 Å². The molecule has 1 aromatic heterocycles. The summed E-state index contributed by atoms with van der Waals surface area (Å²) in [6.45, 7) is 5.27. The topological polar surface area (TPSA) is 63.5 Å². The van der Waals surface area contributed by atoms with Crippen LogP contribution in [-0.2, 0) is 6.54 Å². The van der Waals surface area contributed by atoms with Gasteiger partial charge in [0.1, 0.15) is 17.9 Å². The first-order chi connectivity index (χ1) is 8.22. The lowest BCUT2D eigenvalue weighted by Gasteiger charge is -2.00. The van der Waals surface area contributed by atoms with Crippen molar-refractivity contribution in [2.45, 2.75) is 20.4 Å². The van der Waals surface area contributed by atoms with Crippen LogP contribution >= 0.6 is 0 Å². The molecule has 17 heavy (non-hydrogen) atoms. The van der Waals surface area contributed by atoms with Gasteiger partial charge in [-0.3, -0.25) is 0 Å². The van der Waals surface area contributed by atoms with Gasteiger partial charge in [0.05, 0.1) is 0 Å². The number of rotatable bonds is 3. The molecule has 0 bridgehead atoms. The summed E-state index contributed by atoms with van der Waals surface area (Å²) in [5.41, 5.74) is 7.71. The van der Waals surface area contributed by atoms with Gasteiger partial charge in [-0.1, -0.05) is 18.2 Å². The molecule has 0 spiro atoms. The van der Waals surface area contributed by atoms with E-state index in [0.717, 1.165) is 28.8 Å². The van der Waals surface area contributed by atoms with E-state index in [1.54, 1.807) is 0 Å². The first-order valence-electron chi connectivity index (χ1n) is 5.73. The normalized spacial score (nSPS) is 12.0. The van der Waals surface area contributed by atoms with Gasteiger partial charge in [-0.25, -0.2) is 4.99 Å². The van der Waals surface area contributed by atoms with Crippen molar-refractivity contribution in [1.29, 1.82) is 0 Å². The molecular formula is C13H17N3O. The van der Waals surface area contributed by atoms with E-state index in [9.17, 15) is 0 Å². The standard InChI is InChI=1S/C13H17N3O/c1-3-15-13(14)16-8-12-9(2)10-6-4-5-7-11(10)17-12/h4-7H,3,8H2,1-2H3,(H3,14,15,16). The zero-order valence-electron chi connectivity index (χ0n) is 10.2. The van der Waals surface area contributed by atoms with Gasteiger partial charge in [0.2, 0.25) is 0 Å². The fraction of sp³-hybridized carbons (Fsp3) is 0.308. The number of guanidine groups is 1. The van der Waals surface area contributed by atoms with Crippen LogP contribution in [0.2, 0.25) is 0 Å². The summed E-state index contributed by atoms with van der Waals surface area (Å²) in [5.74, 6) is 1.32. The number of fused-ring (bicyclic) bond motifs is 1. The van der Waals surface area contributed by atoms with Crippen LogP contribution in [-0.4, -0.2) is 12.5 Å². The number of aliphatic imine (C=N–C) groups is 1. The summed E-state index contributed by atoms with van der Waals surface area (Å²) in [6.07, 6.45) is 0. The lowest BCUT2D eigenvalue weighted by atomic mass is 10.1. The van der Waals surface area contributed by atoms with E-state index < -0.39 is 0 Å². The molecule has 0 atom stereocenters. The van der Waals surface area contributed by atoms with Gasteiger partial charge in [-0.2, -0.15) is 0 Å². The second kappa shape index (κ2) is 4.91. The SMILES string of the molecule is CCNC(N)=NCc1oc2ccccc2c1C. The van der Waals surface area contributed by atoms with Crippen LogP contribution in [0.5, 0.6) is 0 Å². The van der Waals surface area contributed by atoms with E-state index in [1.165, 1.54) is 0 Å². The number of furan rings is 1. The lowest BCUT2D eigenvalue weighted by molar-refractivity contribution is 0.548. The number of para-hydroxylation sites is 1. The fourth-order valence-electron chi connectivity index (χ4n) is 1.77. The number of nitrogens with two attached hydrogens (primary N) is 1. The maximum absolute atomic E-state index is 5.74. The van der Waals surface area contributed by atoms with Crippen LogP contribution in [0, 0.1) is 6.92 Å². The number of hydrogen-bond donors (Lipinski definition) is 2. The molecule has 2 aromatic rings. The minimum Gasteiger partial charge on any atom is -0.459 e. The molecule has 0 aliphatic heterocycles. The Labute approximate surface area is 101 Å². The summed E-state index contributed by atoms with van der Waals surface area (Å²) in [6, 6.07) is 7.98. The molecular weight excluding hydrogens is 214 g/mol. The van der Waals surface area contributed by atoms with Gasteiger partial charge in [0.25, 0.3) is 0 Å². The molecule has 0 aliphatic rings. The number of nitrogens with zero attached hydrogens (tertiary/aromatic N) is 1. The molecule has 0 amide bonds. The zero-order valence-corrected chi connectivity index (χ0v) is 10.2. The van der Waals surface area contributed by atoms with Crippen LogP contribution in [0.25, 0.3) is 11.0 Å². The highest BCUT2D eigenvalue weighted by atomic mass is 16.3. The second-order valence-corrected chi connectivity index (χ2v) is 3.88. The van der Waals surface area contributed by atoms with Crippen molar-refractivity contribution < 1.29 is 4.42 Å². The third kappa shape index (κ3) is 2.41. The average molecular weight is 231 g/mol. The largest absolute Gasteiger partial charge is 0.459 e. The van der Waals surface area contributed by atoms with E-state index in [1.807, 2.05) is 32.0 Å². The van der Waals surface area contributed by atoms with Crippen molar-refractivity contribution >= 4 is 16.9 Å². The molecule has 0 saturated heterocycles. The molecule has 0 saturated carbocycles. The first kappa shape index (κ1) is 11.5. The summed E-state index contributed by atoms with van der Waals surface area (Å²) in [7, 11) is 0. The Morgan fingerprint density at radius 1 is 1.41 bits per heavy atom. The van der Waals surface area contributed by atoms with Crippen LogP contribution < -0.4 is 11.1 Å². The number of benzene rings is 1. The van der Waals surface area contributed by atoms with Gasteiger partial charge < -0.3 is 15.5 Å². The van der Waals surface area contributed by atoms with Crippen LogP contribution in [0.3, 0.4) is 0 Å². The van der Waals surface area contributed by atoms with E-state index in [4.69, 9.17) is 10.2 Å². The smallest absolute Gasteiger partial charge is 0.189 e. The van der Waals surface area contributed by atoms with Crippen LogP contribution in [0.15, 0.2) is 33.7 Å². The van der Waals surface area contributed by atoms with Crippen LogP contribution in [0.1, 0.15) is 18.2 Å². The quantitative estimate of drug-likeness (QED) is 0.628. The molecule has 4 nitrogen and oxygen atoms in total. The van der Waals surface area contributed by atoms with Gasteiger partial charge in [-0.05, 0) is 19.9 Å². The van der Waals surface area contributed by atoms with E-state index in [0.29, 0.717) is 12.5 Å². The highest BCUT2D eigenvalue weighted by Crippen LogP contribution is 2.25. The molecule has 1 heterocycles. The molecule has 0 aliphatic carbocycles. The Balaban J connectivity index is 2.25. The Morgan fingerprint density at radius 3 is 2.88 bits per heavy atom. The highest BCUT2D eigenvalue weighted by Gasteiger charge is 2.08. The Kier molecular flexibility index (Phi) is 3.32. The Hall–Kier alpha value is -1.97. The molecule has 4 heteroatoms. The third-order valence-electron chi connectivity index (χ3n) is 2.69. The fourth-order valence-corrected chi connectivity index (χ4v) is 1.77. The van der Waals surface area contributed by atoms with Crippen LogP contribution in [0.4, 0.5) is 0 Å². The minimum atomic E-state index is 0.451. The van der Waals surface area contributed by atoms with Crippen molar-refractivity contribution in [3.05, 3.63) is 35.6 Å². The molecule has 1 aromatic carbocycles. The molecule has 0 fully saturated rings. The van der Waals surface area contributed by atoms with E-state index in [2.05, 4.69) is 16.4 Å². The molecule has 0 unspecified atom stereocenters. The lowest BCUT2D eigenvalue weighted by Crippen LogP contribution is -2.31. The summed E-state index contributed by atoms with van der Waals surface area (Å²) in [4.78, 5) is 4.23. The van der Waals surface area contributed by atoms with Crippen molar-refractivity contribution in [3.8, 4) is 0 Å². The minimum absolute atomic E-state index is 0.451. The van der Waals surface area contributed by atoms with Crippen molar-refractivity contribution in [3.63, 3.8) is 0 Å². The second-order valence-electron chi connectivity index (χ2n) is 3.88. The zero-order chi connectivity index (χ0) is 12.3. The molecule has 0 radical (unpaired) electrons. The third-order valence-corrected chi connectivity index (χ3v) is 2.69. The van der Waals surface area contributed by atoms with Crippen molar-refractivity contribution in [2.75, 3.05) is 6.54 Å². The number of nitrogens with one attached hydrogen (secondary N) is 1. The van der Waals surface area contributed by atoms with E-state index in [-0.39, 0.29) is 0 Å². The molecule has 3 N–H and O–H groups in total. The molecule has 2 rings (SSSR count). The monoisotopic (exact) mass is 231 g/mol. The number of hydrogen-bond acceptors (Lipinski definition) is 2. The predicted molar refractivity (Wildman–Crippen MR) is 70.0 cm³/mol. The Bertz CT molecular complexity index is 543. The summed E-state index contributed by atoms with van der Waals surface area (Å²) in [5, 5.41) is 4.09. The highest BCUT2D eigenvalue weighted by molar-refractivity contribution is 5.82. The van der Waals surface area contributed by atoms with Crippen molar-refractivity contribution in [1.82, 2.24) is 5.32 Å². The first-order valence-corrected chi connectivity index (χ1v) is 5.73. The maximum atomic E-state index is 5.74. The van der Waals surface area contributed by atoms with E-state index >= 15 is 0 Å². The summed E-state index contributed by atoms with van der Waals surface area (Å²) < 4.78 is 5.74. The molecule has 90 valence electrons.